The van der Waals surface area contributed by atoms with Gasteiger partial charge in [0.25, 0.3) is 0 Å². The molecule has 0 bridgehead atoms. The van der Waals surface area contributed by atoms with Crippen molar-refractivity contribution in [3.63, 3.8) is 0 Å². The molecule has 2 aliphatic heterocycles. The fraction of sp³-hybridized carbons (Fsp3) is 0.267. The molecule has 0 fully saturated rings. The van der Waals surface area contributed by atoms with Crippen LogP contribution in [0.15, 0.2) is 44.9 Å². The average Bonchev–Trinajstić information content (AvgIpc) is 3.15. The van der Waals surface area contributed by atoms with Gasteiger partial charge in [0.15, 0.2) is 11.3 Å². The number of aromatic nitrogens is 1. The summed E-state index contributed by atoms with van der Waals surface area (Å²) in [5.74, 6) is 0.0953. The Morgan fingerprint density at radius 3 is 3.12 bits per heavy atom. The highest BCUT2D eigenvalue weighted by molar-refractivity contribution is 8.14. The van der Waals surface area contributed by atoms with Crippen LogP contribution in [0, 0.1) is 6.92 Å². The zero-order valence-corrected chi connectivity index (χ0v) is 14.4. The van der Waals surface area contributed by atoms with Crippen LogP contribution in [0.4, 0.5) is 10.8 Å². The van der Waals surface area contributed by atoms with Gasteiger partial charge in [0.1, 0.15) is 6.04 Å². The molecule has 2 aromatic rings. The van der Waals surface area contributed by atoms with Gasteiger partial charge < -0.3 is 10.6 Å². The summed E-state index contributed by atoms with van der Waals surface area (Å²) in [5, 5.41) is 17.6. The van der Waals surface area contributed by atoms with Gasteiger partial charge in [-0.05, 0) is 13.0 Å². The molecule has 2 atom stereocenters. The third-order valence-corrected chi connectivity index (χ3v) is 5.32. The van der Waals surface area contributed by atoms with Crippen molar-refractivity contribution in [2.75, 3.05) is 16.4 Å². The van der Waals surface area contributed by atoms with Crippen LogP contribution in [0.5, 0.6) is 0 Å². The first-order valence-corrected chi connectivity index (χ1v) is 9.24. The molecule has 0 unspecified atom stereocenters. The minimum atomic E-state index is -0.146. The fourth-order valence-electron chi connectivity index (χ4n) is 2.54. The number of nitrogens with zero attached hydrogens (tertiary/aromatic N) is 4. The van der Waals surface area contributed by atoms with Gasteiger partial charge in [-0.2, -0.15) is 5.11 Å². The molecule has 122 valence electrons. The van der Waals surface area contributed by atoms with E-state index >= 15 is 0 Å². The van der Waals surface area contributed by atoms with E-state index in [2.05, 4.69) is 30.8 Å². The maximum Gasteiger partial charge on any atom is 0.236 e. The van der Waals surface area contributed by atoms with Gasteiger partial charge in [-0.1, -0.05) is 30.0 Å². The van der Waals surface area contributed by atoms with Crippen LogP contribution in [0.25, 0.3) is 0 Å². The molecule has 2 N–H and O–H groups in total. The Kier molecular flexibility index (Phi) is 4.03. The van der Waals surface area contributed by atoms with Crippen molar-refractivity contribution >= 4 is 45.0 Å². The quantitative estimate of drug-likeness (QED) is 0.879. The zero-order valence-electron chi connectivity index (χ0n) is 12.8. The molecule has 1 aromatic heterocycles. The van der Waals surface area contributed by atoms with Gasteiger partial charge in [0.2, 0.25) is 11.1 Å². The number of aliphatic imine (C=N–C) groups is 1. The number of nitrogens with one attached hydrogen (secondary N) is 2. The van der Waals surface area contributed by atoms with Gasteiger partial charge in [-0.25, -0.2) is 9.98 Å². The summed E-state index contributed by atoms with van der Waals surface area (Å²) < 4.78 is 0. The molecule has 4 rings (SSSR count). The number of benzene rings is 1. The molecular formula is C15H14N6OS2. The monoisotopic (exact) mass is 358 g/mol. The van der Waals surface area contributed by atoms with Gasteiger partial charge in [-0.15, -0.1) is 16.5 Å². The summed E-state index contributed by atoms with van der Waals surface area (Å²) in [6, 6.07) is 7.91. The predicted octanol–water partition coefficient (Wildman–Crippen LogP) is 3.44. The van der Waals surface area contributed by atoms with Crippen molar-refractivity contribution in [1.82, 2.24) is 4.98 Å². The molecule has 7 nitrogen and oxygen atoms in total. The minimum absolute atomic E-state index is 0.0855. The summed E-state index contributed by atoms with van der Waals surface area (Å²) >= 11 is 2.68. The SMILES string of the molecule is Cc1csc(NC(=O)CSC2=N[C@@H]3Nc4ccccc4[C@@H]3N=N2)n1. The van der Waals surface area contributed by atoms with Gasteiger partial charge in [-0.3, -0.25) is 4.79 Å². The van der Waals surface area contributed by atoms with Crippen LogP contribution >= 0.6 is 23.1 Å². The van der Waals surface area contributed by atoms with E-state index in [9.17, 15) is 4.79 Å². The lowest BCUT2D eigenvalue weighted by atomic mass is 10.1. The van der Waals surface area contributed by atoms with E-state index in [1.54, 1.807) is 0 Å². The van der Waals surface area contributed by atoms with Crippen LogP contribution in [-0.4, -0.2) is 28.0 Å². The summed E-state index contributed by atoms with van der Waals surface area (Å²) in [4.78, 5) is 20.7. The Labute approximate surface area is 146 Å². The Morgan fingerprint density at radius 1 is 1.42 bits per heavy atom. The third-order valence-electron chi connectivity index (χ3n) is 3.60. The molecule has 0 aliphatic carbocycles. The van der Waals surface area contributed by atoms with Crippen molar-refractivity contribution in [2.24, 2.45) is 15.2 Å². The number of hydrogen-bond donors (Lipinski definition) is 2. The van der Waals surface area contributed by atoms with Crippen molar-refractivity contribution in [1.29, 1.82) is 0 Å². The summed E-state index contributed by atoms with van der Waals surface area (Å²) in [5.41, 5.74) is 3.04. The van der Waals surface area contributed by atoms with Crippen molar-refractivity contribution in [2.45, 2.75) is 19.1 Å². The number of fused-ring (bicyclic) bond motifs is 3. The minimum Gasteiger partial charge on any atom is -0.361 e. The van der Waals surface area contributed by atoms with Gasteiger partial charge in [0, 0.05) is 16.6 Å². The molecule has 1 aromatic carbocycles. The molecule has 3 heterocycles. The highest BCUT2D eigenvalue weighted by Crippen LogP contribution is 2.39. The Bertz CT molecular complexity index is 846. The maximum absolute atomic E-state index is 12.0. The normalized spacial score (nSPS) is 20.8. The highest BCUT2D eigenvalue weighted by Gasteiger charge is 2.34. The van der Waals surface area contributed by atoms with Crippen LogP contribution in [0.3, 0.4) is 0 Å². The summed E-state index contributed by atoms with van der Waals surface area (Å²) in [6.45, 7) is 1.89. The second-order valence-electron chi connectivity index (χ2n) is 5.38. The van der Waals surface area contributed by atoms with Crippen molar-refractivity contribution < 1.29 is 4.79 Å². The molecule has 1 amide bonds. The van der Waals surface area contributed by atoms with E-state index in [0.717, 1.165) is 16.9 Å². The molecule has 0 radical (unpaired) electrons. The van der Waals surface area contributed by atoms with Crippen LogP contribution in [-0.2, 0) is 4.79 Å². The third kappa shape index (κ3) is 3.04. The maximum atomic E-state index is 12.0. The van der Waals surface area contributed by atoms with E-state index in [-0.39, 0.29) is 23.9 Å². The van der Waals surface area contributed by atoms with Gasteiger partial charge in [0.05, 0.1) is 11.4 Å². The molecule has 0 saturated carbocycles. The highest BCUT2D eigenvalue weighted by atomic mass is 32.2. The largest absolute Gasteiger partial charge is 0.361 e. The second-order valence-corrected chi connectivity index (χ2v) is 7.18. The Balaban J connectivity index is 1.36. The molecule has 2 aliphatic rings. The number of thioether (sulfide) groups is 1. The standard InChI is InChI=1S/C15H14N6OS2/c1-8-6-23-14(16-8)18-11(22)7-24-15-19-13-12(20-21-15)9-4-2-3-5-10(9)17-13/h2-6,12-13,17H,7H2,1H3,(H,16,18,22)/t12-,13-/m0/s1. The number of aryl methyl sites for hydroxylation is 1. The molecule has 9 heteroatoms. The van der Waals surface area contributed by atoms with E-state index in [1.807, 2.05) is 36.6 Å². The average molecular weight is 358 g/mol. The number of anilines is 2. The van der Waals surface area contributed by atoms with E-state index < -0.39 is 0 Å². The number of carbonyl (C=O) groups excluding carboxylic acids is 1. The van der Waals surface area contributed by atoms with E-state index in [4.69, 9.17) is 0 Å². The number of carbonyl (C=O) groups is 1. The number of amides is 1. The number of azo groups is 1. The summed E-state index contributed by atoms with van der Waals surface area (Å²) in [6.07, 6.45) is -0.146. The number of amidine groups is 1. The first-order chi connectivity index (χ1) is 11.7. The summed E-state index contributed by atoms with van der Waals surface area (Å²) in [7, 11) is 0. The zero-order chi connectivity index (χ0) is 16.5. The van der Waals surface area contributed by atoms with E-state index in [0.29, 0.717) is 10.3 Å². The second kappa shape index (κ2) is 6.33. The Hall–Kier alpha value is -2.26. The number of hydrogen-bond acceptors (Lipinski definition) is 8. The van der Waals surface area contributed by atoms with Crippen LogP contribution < -0.4 is 10.6 Å². The lowest BCUT2D eigenvalue weighted by Gasteiger charge is -2.16. The fourth-order valence-corrected chi connectivity index (χ4v) is 3.87. The topological polar surface area (TPSA) is 91.1 Å². The number of rotatable bonds is 3. The smallest absolute Gasteiger partial charge is 0.236 e. The van der Waals surface area contributed by atoms with Crippen LogP contribution in [0.1, 0.15) is 17.3 Å². The lowest BCUT2D eigenvalue weighted by Crippen LogP contribution is -2.22. The molecular weight excluding hydrogens is 344 g/mol. The molecule has 24 heavy (non-hydrogen) atoms. The number of thiazole rings is 1. The van der Waals surface area contributed by atoms with E-state index in [1.165, 1.54) is 23.1 Å². The number of para-hydroxylation sites is 1. The van der Waals surface area contributed by atoms with Crippen molar-refractivity contribution in [3.8, 4) is 0 Å². The first-order valence-electron chi connectivity index (χ1n) is 7.38. The van der Waals surface area contributed by atoms with Crippen molar-refractivity contribution in [3.05, 3.63) is 40.9 Å². The molecule has 0 spiro atoms. The first kappa shape index (κ1) is 15.3. The lowest BCUT2D eigenvalue weighted by molar-refractivity contribution is -0.113. The molecule has 0 saturated heterocycles. The predicted molar refractivity (Wildman–Crippen MR) is 96.8 cm³/mol. The Morgan fingerprint density at radius 2 is 2.29 bits per heavy atom. The van der Waals surface area contributed by atoms with Crippen LogP contribution in [0.2, 0.25) is 0 Å². The van der Waals surface area contributed by atoms with Gasteiger partial charge >= 0.3 is 0 Å².